The van der Waals surface area contributed by atoms with E-state index in [1.54, 1.807) is 0 Å². The molecule has 0 spiro atoms. The molecule has 0 fully saturated rings. The second kappa shape index (κ2) is 5.70. The van der Waals surface area contributed by atoms with Gasteiger partial charge in [0.05, 0.1) is 24.1 Å². The van der Waals surface area contributed by atoms with Crippen molar-refractivity contribution in [1.29, 1.82) is 0 Å². The quantitative estimate of drug-likeness (QED) is 0.941. The lowest BCUT2D eigenvalue weighted by Crippen LogP contribution is -2.22. The minimum Gasteiger partial charge on any atom is -0.491 e. The summed E-state index contributed by atoms with van der Waals surface area (Å²) in [5, 5.41) is 8.66. The molecule has 8 heteroatoms. The fourth-order valence-electron chi connectivity index (χ4n) is 2.19. The van der Waals surface area contributed by atoms with Gasteiger partial charge in [0.2, 0.25) is 11.2 Å². The Bertz CT molecular complexity index is 816. The summed E-state index contributed by atoms with van der Waals surface area (Å²) in [6.45, 7) is 0.495. The first-order chi connectivity index (χ1) is 10.3. The average molecular weight is 315 g/mol. The van der Waals surface area contributed by atoms with Crippen molar-refractivity contribution in [2.45, 2.75) is 13.0 Å². The number of carboxylic acid groups (broad SMARTS) is 1. The Labute approximate surface area is 122 Å². The summed E-state index contributed by atoms with van der Waals surface area (Å²) in [5.74, 6) is -4.82. The number of hydrogen-bond donors (Lipinski definition) is 1. The number of carboxylic acids is 1. The lowest BCUT2D eigenvalue weighted by Gasteiger charge is -2.19. The molecule has 1 N–H and O–H groups in total. The number of halogens is 3. The van der Waals surface area contributed by atoms with E-state index in [1.165, 1.54) is 6.92 Å². The van der Waals surface area contributed by atoms with Crippen LogP contribution in [0.5, 0.6) is 5.75 Å². The zero-order valence-corrected chi connectivity index (χ0v) is 11.7. The van der Waals surface area contributed by atoms with Gasteiger partial charge >= 0.3 is 5.97 Å². The third kappa shape index (κ3) is 2.30. The summed E-state index contributed by atoms with van der Waals surface area (Å²) in [7, 11) is 1.07. The van der Waals surface area contributed by atoms with Crippen molar-refractivity contribution in [3.8, 4) is 5.75 Å². The molecule has 118 valence electrons. The minimum absolute atomic E-state index is 0.193. The summed E-state index contributed by atoms with van der Waals surface area (Å²) in [6.07, 6.45) is 0.900. The van der Waals surface area contributed by atoms with E-state index in [9.17, 15) is 22.8 Å². The van der Waals surface area contributed by atoms with Crippen molar-refractivity contribution in [3.05, 3.63) is 39.7 Å². The van der Waals surface area contributed by atoms with Gasteiger partial charge in [-0.1, -0.05) is 0 Å². The number of benzene rings is 1. The highest BCUT2D eigenvalue weighted by Gasteiger charge is 2.24. The van der Waals surface area contributed by atoms with E-state index in [0.29, 0.717) is 6.07 Å². The first kappa shape index (κ1) is 15.9. The van der Waals surface area contributed by atoms with Crippen molar-refractivity contribution < 1.29 is 27.8 Å². The number of aromatic nitrogens is 1. The summed E-state index contributed by atoms with van der Waals surface area (Å²) in [6, 6.07) is -0.316. The van der Waals surface area contributed by atoms with E-state index in [2.05, 4.69) is 0 Å². The van der Waals surface area contributed by atoms with Gasteiger partial charge in [-0.25, -0.2) is 13.6 Å². The van der Waals surface area contributed by atoms with Crippen molar-refractivity contribution >= 4 is 16.9 Å². The first-order valence-electron chi connectivity index (χ1n) is 6.23. The molecule has 0 saturated heterocycles. The molecule has 1 atom stereocenters. The highest BCUT2D eigenvalue weighted by molar-refractivity contribution is 5.94. The molecule has 0 bridgehead atoms. The zero-order chi connectivity index (χ0) is 16.6. The van der Waals surface area contributed by atoms with E-state index in [1.807, 2.05) is 0 Å². The van der Waals surface area contributed by atoms with Crippen LogP contribution in [-0.2, 0) is 0 Å². The molecule has 0 aliphatic rings. The molecule has 22 heavy (non-hydrogen) atoms. The molecule has 1 unspecified atom stereocenters. The van der Waals surface area contributed by atoms with Crippen molar-refractivity contribution in [2.75, 3.05) is 13.8 Å². The summed E-state index contributed by atoms with van der Waals surface area (Å²) in [4.78, 5) is 23.3. The Morgan fingerprint density at radius 3 is 2.59 bits per heavy atom. The number of fused-ring (bicyclic) bond motifs is 1. The number of pyridine rings is 1. The fraction of sp³-hybridized carbons (Fsp3) is 0.286. The fourth-order valence-corrected chi connectivity index (χ4v) is 2.19. The van der Waals surface area contributed by atoms with Crippen LogP contribution in [0, 0.1) is 11.6 Å². The molecule has 2 aromatic rings. The highest BCUT2D eigenvalue weighted by atomic mass is 19.2. The van der Waals surface area contributed by atoms with Crippen LogP contribution in [0.25, 0.3) is 10.9 Å². The molecule has 2 rings (SSSR count). The van der Waals surface area contributed by atoms with Gasteiger partial charge < -0.3 is 14.4 Å². The highest BCUT2D eigenvalue weighted by Crippen LogP contribution is 2.31. The van der Waals surface area contributed by atoms with E-state index in [0.717, 1.165) is 17.9 Å². The zero-order valence-electron chi connectivity index (χ0n) is 11.7. The normalized spacial score (nSPS) is 12.4. The Balaban J connectivity index is 3.09. The molecular formula is C14H12F3NO4. The smallest absolute Gasteiger partial charge is 0.341 e. The molecule has 5 nitrogen and oxygen atoms in total. The van der Waals surface area contributed by atoms with Crippen LogP contribution in [0.3, 0.4) is 0 Å². The van der Waals surface area contributed by atoms with Gasteiger partial charge in [-0.3, -0.25) is 4.79 Å². The minimum atomic E-state index is -1.55. The van der Waals surface area contributed by atoms with Gasteiger partial charge in [0.15, 0.2) is 11.6 Å². The maximum atomic E-state index is 13.8. The Hall–Kier alpha value is -2.51. The molecule has 0 amide bonds. The van der Waals surface area contributed by atoms with Crippen LogP contribution >= 0.6 is 0 Å². The number of nitrogens with zero attached hydrogens (tertiary/aromatic N) is 1. The van der Waals surface area contributed by atoms with Gasteiger partial charge in [0.1, 0.15) is 12.2 Å². The van der Waals surface area contributed by atoms with Crippen LogP contribution in [0.1, 0.15) is 23.3 Å². The number of alkyl halides is 1. The van der Waals surface area contributed by atoms with Crippen LogP contribution in [-0.4, -0.2) is 29.4 Å². The Morgan fingerprint density at radius 2 is 2.09 bits per heavy atom. The lowest BCUT2D eigenvalue weighted by molar-refractivity contribution is 0.0694. The van der Waals surface area contributed by atoms with Gasteiger partial charge in [-0.05, 0) is 13.0 Å². The molecule has 1 heterocycles. The maximum absolute atomic E-state index is 13.8. The van der Waals surface area contributed by atoms with Crippen molar-refractivity contribution in [1.82, 2.24) is 4.57 Å². The van der Waals surface area contributed by atoms with Crippen molar-refractivity contribution in [2.24, 2.45) is 0 Å². The first-order valence-corrected chi connectivity index (χ1v) is 6.23. The number of aromatic carboxylic acids is 1. The summed E-state index contributed by atoms with van der Waals surface area (Å²) < 4.78 is 46.3. The largest absolute Gasteiger partial charge is 0.491 e. The summed E-state index contributed by atoms with van der Waals surface area (Å²) in [5.41, 5.74) is -1.86. The van der Waals surface area contributed by atoms with E-state index >= 15 is 0 Å². The van der Waals surface area contributed by atoms with E-state index in [4.69, 9.17) is 9.84 Å². The van der Waals surface area contributed by atoms with Crippen LogP contribution in [0.4, 0.5) is 13.2 Å². The molecule has 1 aromatic carbocycles. The van der Waals surface area contributed by atoms with E-state index in [-0.39, 0.29) is 5.52 Å². The number of methoxy groups -OCH3 is 1. The third-order valence-corrected chi connectivity index (χ3v) is 3.30. The molecule has 0 radical (unpaired) electrons. The molecule has 0 aliphatic carbocycles. The van der Waals surface area contributed by atoms with Crippen LogP contribution in [0.2, 0.25) is 0 Å². The molecule has 0 aliphatic heterocycles. The molecular weight excluding hydrogens is 303 g/mol. The second-order valence-electron chi connectivity index (χ2n) is 4.69. The number of rotatable bonds is 4. The topological polar surface area (TPSA) is 68.5 Å². The van der Waals surface area contributed by atoms with Crippen LogP contribution < -0.4 is 10.2 Å². The third-order valence-electron chi connectivity index (χ3n) is 3.30. The lowest BCUT2D eigenvalue weighted by atomic mass is 10.1. The standard InChI is InChI=1S/C14H12F3NO4/c1-6(4-15)18-5-8(14(20)21)12(19)7-3-9(16)10(17)13(22-2)11(7)18/h3,5-6H,4H2,1-2H3,(H,20,21). The van der Waals surface area contributed by atoms with E-state index < -0.39 is 52.4 Å². The van der Waals surface area contributed by atoms with Gasteiger partial charge in [0, 0.05) is 6.20 Å². The van der Waals surface area contributed by atoms with Crippen LogP contribution in [0.15, 0.2) is 17.1 Å². The average Bonchev–Trinajstić information content (AvgIpc) is 2.48. The maximum Gasteiger partial charge on any atom is 0.341 e. The molecule has 1 aromatic heterocycles. The van der Waals surface area contributed by atoms with Crippen molar-refractivity contribution in [3.63, 3.8) is 0 Å². The number of carbonyl (C=O) groups is 1. The van der Waals surface area contributed by atoms with Gasteiger partial charge in [-0.15, -0.1) is 0 Å². The predicted molar refractivity (Wildman–Crippen MR) is 72.3 cm³/mol. The SMILES string of the molecule is COc1c(F)c(F)cc2c(=O)c(C(=O)O)cn(C(C)CF)c12. The Morgan fingerprint density at radius 1 is 1.45 bits per heavy atom. The molecule has 0 saturated carbocycles. The van der Waals surface area contributed by atoms with Gasteiger partial charge in [0.25, 0.3) is 0 Å². The second-order valence-corrected chi connectivity index (χ2v) is 4.69. The number of ether oxygens (including phenoxy) is 1. The monoisotopic (exact) mass is 315 g/mol. The summed E-state index contributed by atoms with van der Waals surface area (Å²) >= 11 is 0. The number of hydrogen-bond acceptors (Lipinski definition) is 3. The van der Waals surface area contributed by atoms with Gasteiger partial charge in [-0.2, -0.15) is 4.39 Å². The Kier molecular flexibility index (Phi) is 4.11. The predicted octanol–water partition coefficient (Wildman–Crippen LogP) is 2.52.